The van der Waals surface area contributed by atoms with Gasteiger partial charge in [-0.3, -0.25) is 24.2 Å². The largest absolute Gasteiger partial charge is 0.379 e. The van der Waals surface area contributed by atoms with Crippen LogP contribution in [0.25, 0.3) is 0 Å². The number of amides is 4. The topological polar surface area (TPSA) is 156 Å². The van der Waals surface area contributed by atoms with Crippen molar-refractivity contribution in [3.8, 4) is 0 Å². The van der Waals surface area contributed by atoms with Gasteiger partial charge in [-0.15, -0.1) is 11.8 Å². The molecule has 3 unspecified atom stereocenters. The van der Waals surface area contributed by atoms with Gasteiger partial charge in [-0.05, 0) is 42.9 Å². The number of nitrogens with two attached hydrogens (primary N) is 1. The highest BCUT2D eigenvalue weighted by Gasteiger charge is 2.42. The van der Waals surface area contributed by atoms with Crippen molar-refractivity contribution < 1.29 is 28.7 Å². The zero-order chi connectivity index (χ0) is 38.1. The summed E-state index contributed by atoms with van der Waals surface area (Å²) in [5.41, 5.74) is 6.86. The fraction of sp³-hybridized carbons (Fsp3) is 0.703. The number of rotatable bonds is 21. The van der Waals surface area contributed by atoms with Gasteiger partial charge in [0.2, 0.25) is 23.6 Å². The Morgan fingerprint density at radius 2 is 1.76 bits per heavy atom. The quantitative estimate of drug-likeness (QED) is 0.0924. The Balaban J connectivity index is 3.19. The number of ether oxygens (including phenoxy) is 2. The summed E-state index contributed by atoms with van der Waals surface area (Å²) in [5, 5.41) is 6.59. The van der Waals surface area contributed by atoms with E-state index >= 15 is 0 Å². The molecular weight excluding hydrogens is 657 g/mol. The number of allylic oxidation sites excluding steroid dienone is 3. The van der Waals surface area contributed by atoms with Crippen LogP contribution in [0.3, 0.4) is 0 Å². The number of nitrogens with one attached hydrogen (secondary N) is 2. The first kappa shape index (κ1) is 45.0. The van der Waals surface area contributed by atoms with E-state index in [0.717, 1.165) is 23.5 Å². The maximum Gasteiger partial charge on any atom is 0.242 e. The van der Waals surface area contributed by atoms with Gasteiger partial charge in [-0.2, -0.15) is 0 Å². The number of thioether (sulfide) groups is 1. The average Bonchev–Trinajstić information content (AvgIpc) is 3.59. The van der Waals surface area contributed by atoms with Gasteiger partial charge in [-0.1, -0.05) is 72.4 Å². The maximum absolute atomic E-state index is 14.0. The van der Waals surface area contributed by atoms with E-state index in [1.807, 2.05) is 47.0 Å². The summed E-state index contributed by atoms with van der Waals surface area (Å²) >= 11 is 1.47. The number of hydrogen-bond donors (Lipinski definition) is 3. The molecule has 4 N–H and O–H groups in total. The number of carbonyl (C=O) groups excluding carboxylic acids is 4. The van der Waals surface area contributed by atoms with Crippen molar-refractivity contribution in [2.45, 2.75) is 103 Å². The van der Waals surface area contributed by atoms with E-state index in [2.05, 4.69) is 28.8 Å². The predicted octanol–water partition coefficient (Wildman–Crippen LogP) is 3.57. The molecule has 0 aliphatic carbocycles. The lowest BCUT2D eigenvalue weighted by atomic mass is 9.90. The van der Waals surface area contributed by atoms with Crippen LogP contribution >= 0.6 is 11.8 Å². The van der Waals surface area contributed by atoms with Crippen molar-refractivity contribution in [2.75, 3.05) is 47.7 Å². The minimum Gasteiger partial charge on any atom is -0.379 e. The third kappa shape index (κ3) is 12.6. The van der Waals surface area contributed by atoms with E-state index in [1.54, 1.807) is 50.3 Å². The van der Waals surface area contributed by atoms with Gasteiger partial charge in [0.25, 0.3) is 0 Å². The zero-order valence-electron chi connectivity index (χ0n) is 32.1. The number of hydrogen-bond acceptors (Lipinski definition) is 9. The van der Waals surface area contributed by atoms with E-state index in [9.17, 15) is 19.2 Å². The van der Waals surface area contributed by atoms with Crippen molar-refractivity contribution in [1.29, 1.82) is 0 Å². The van der Waals surface area contributed by atoms with Gasteiger partial charge in [0.05, 0.1) is 60.3 Å². The highest BCUT2D eigenvalue weighted by molar-refractivity contribution is 8.13. The molecule has 0 aromatic carbocycles. The van der Waals surface area contributed by atoms with Gasteiger partial charge >= 0.3 is 0 Å². The van der Waals surface area contributed by atoms with Gasteiger partial charge in [0.15, 0.2) is 0 Å². The minimum absolute atomic E-state index is 0.00569. The summed E-state index contributed by atoms with van der Waals surface area (Å²) in [7, 11) is 6.49. The Morgan fingerprint density at radius 1 is 1.10 bits per heavy atom. The van der Waals surface area contributed by atoms with Crippen LogP contribution in [0.4, 0.5) is 0 Å². The molecule has 13 heteroatoms. The highest BCUT2D eigenvalue weighted by atomic mass is 32.2. The van der Waals surface area contributed by atoms with Crippen LogP contribution in [0.2, 0.25) is 0 Å². The van der Waals surface area contributed by atoms with E-state index in [0.29, 0.717) is 19.4 Å². The Labute approximate surface area is 305 Å². The molecule has 284 valence electrons. The van der Waals surface area contributed by atoms with Gasteiger partial charge in [0.1, 0.15) is 0 Å². The van der Waals surface area contributed by atoms with Crippen LogP contribution < -0.4 is 16.4 Å². The number of methoxy groups -OCH3 is 2. The molecule has 1 aliphatic heterocycles. The van der Waals surface area contributed by atoms with Crippen molar-refractivity contribution in [3.63, 3.8) is 0 Å². The summed E-state index contributed by atoms with van der Waals surface area (Å²) < 4.78 is 11.9. The first-order chi connectivity index (χ1) is 23.7. The monoisotopic (exact) mass is 720 g/mol. The maximum atomic E-state index is 14.0. The summed E-state index contributed by atoms with van der Waals surface area (Å²) in [5.74, 6) is -1.68. The Kier molecular flexibility index (Phi) is 20.5. The summed E-state index contributed by atoms with van der Waals surface area (Å²) in [4.78, 5) is 61.3. The average molecular weight is 721 g/mol. The molecule has 0 bridgehead atoms. The molecular formula is C37H64N6O6S. The molecule has 50 heavy (non-hydrogen) atoms. The number of carbonyl (C=O) groups is 4. The lowest BCUT2D eigenvalue weighted by Gasteiger charge is -2.39. The van der Waals surface area contributed by atoms with Gasteiger partial charge in [-0.25, -0.2) is 0 Å². The number of likely N-dealkylation sites (N-methyl/N-ethyl adjacent to an activating group) is 1. The number of aliphatic imine (C=N–C) groups is 1. The number of nitrogens with zero attached hydrogens (tertiary/aromatic N) is 3. The van der Waals surface area contributed by atoms with Crippen LogP contribution in [0.1, 0.15) is 66.7 Å². The fourth-order valence-corrected chi connectivity index (χ4v) is 7.14. The third-order valence-electron chi connectivity index (χ3n) is 9.82. The molecule has 0 aromatic heterocycles. The molecule has 8 atom stereocenters. The molecule has 0 saturated carbocycles. The molecule has 0 aromatic rings. The van der Waals surface area contributed by atoms with Crippen molar-refractivity contribution in [2.24, 2.45) is 28.5 Å². The lowest BCUT2D eigenvalue weighted by Crippen LogP contribution is -2.55. The van der Waals surface area contributed by atoms with Gasteiger partial charge in [0, 0.05) is 34.9 Å². The van der Waals surface area contributed by atoms with Crippen LogP contribution in [0.15, 0.2) is 42.0 Å². The Bertz CT molecular complexity index is 1210. The smallest absolute Gasteiger partial charge is 0.242 e. The van der Waals surface area contributed by atoms with Crippen molar-refractivity contribution in [1.82, 2.24) is 20.4 Å². The number of likely N-dealkylation sites (tertiary alicyclic amines) is 1. The molecule has 1 fully saturated rings. The van der Waals surface area contributed by atoms with E-state index in [-0.39, 0.29) is 60.5 Å². The molecule has 0 spiro atoms. The SMILES string of the molecule is C=C/C=C(\C=C)CC(NC(=O)[C@H](C)[C@@H](OC)[C@@H]1CCCN1C(=O)C[C@@H](OC)[C@H](C(C)CC)N(C)C(=O)CNC(=O)C(N)C(C)C)C(=NC)SC. The van der Waals surface area contributed by atoms with Crippen LogP contribution in [-0.2, 0) is 28.7 Å². The normalized spacial score (nSPS) is 19.5. The molecule has 1 rings (SSSR count). The Hall–Kier alpha value is -3.00. The molecule has 12 nitrogen and oxygen atoms in total. The molecule has 1 saturated heterocycles. The van der Waals surface area contributed by atoms with E-state index in [1.165, 1.54) is 11.8 Å². The second kappa shape index (κ2) is 22.7. The zero-order valence-corrected chi connectivity index (χ0v) is 32.9. The molecule has 1 aliphatic rings. The third-order valence-corrected chi connectivity index (χ3v) is 10.7. The summed E-state index contributed by atoms with van der Waals surface area (Å²) in [6.45, 7) is 17.5. The van der Waals surface area contributed by atoms with Crippen LogP contribution in [0, 0.1) is 17.8 Å². The lowest BCUT2D eigenvalue weighted by molar-refractivity contribution is -0.145. The first-order valence-corrected chi connectivity index (χ1v) is 18.8. The summed E-state index contributed by atoms with van der Waals surface area (Å²) in [6.07, 6.45) is 8.77. The molecule has 0 radical (unpaired) electrons. The van der Waals surface area contributed by atoms with Crippen molar-refractivity contribution >= 4 is 40.4 Å². The van der Waals surface area contributed by atoms with E-state index < -0.39 is 30.2 Å². The van der Waals surface area contributed by atoms with Gasteiger partial charge < -0.3 is 35.6 Å². The molecule has 1 heterocycles. The van der Waals surface area contributed by atoms with Crippen LogP contribution in [-0.4, -0.2) is 123 Å². The minimum atomic E-state index is -0.718. The second-order valence-corrected chi connectivity index (χ2v) is 14.2. The Morgan fingerprint density at radius 3 is 2.26 bits per heavy atom. The standard InChI is InChI=1S/C37H64N6O6S/c1-13-17-26(15-3)20-27(37(39-8)50-12)41-35(46)25(7)34(49-11)28-18-16-19-43(28)30(44)21-29(48-10)33(24(6)14-2)42(9)31(45)22-40-36(47)32(38)23(4)5/h13,15,17,23-25,27-29,32-34H,1,3,14,16,18-22,38H2,2,4-12H3,(H,40,47)(H,41,46)/b26-17+,39-37?/t24?,25-,27?,28+,29-,32?,33+,34-/m1/s1. The van der Waals surface area contributed by atoms with E-state index in [4.69, 9.17) is 15.2 Å². The predicted molar refractivity (Wildman–Crippen MR) is 204 cm³/mol. The molecule has 4 amide bonds. The van der Waals surface area contributed by atoms with Crippen LogP contribution in [0.5, 0.6) is 0 Å². The first-order valence-electron chi connectivity index (χ1n) is 17.6. The second-order valence-electron chi connectivity index (χ2n) is 13.3. The fourth-order valence-electron chi connectivity index (χ4n) is 6.53. The van der Waals surface area contributed by atoms with Crippen molar-refractivity contribution in [3.05, 3.63) is 37.0 Å². The summed E-state index contributed by atoms with van der Waals surface area (Å²) in [6, 6.07) is -1.84. The highest BCUT2D eigenvalue weighted by Crippen LogP contribution is 2.29.